The maximum atomic E-state index is 13.3. The zero-order chi connectivity index (χ0) is 50.0. The van der Waals surface area contributed by atoms with Crippen molar-refractivity contribution in [1.82, 2.24) is 15.0 Å². The topological polar surface area (TPSA) is 114 Å². The summed E-state index contributed by atoms with van der Waals surface area (Å²) in [6.07, 6.45) is -13.6. The number of hydrogen-bond donors (Lipinski definition) is 1. The molecule has 0 atom stereocenters. The molecule has 3 heterocycles. The lowest BCUT2D eigenvalue weighted by Gasteiger charge is -2.16. The number of nitrogens with zero attached hydrogens (tertiary/aromatic N) is 3. The van der Waals surface area contributed by atoms with Crippen LogP contribution in [0.5, 0.6) is 34.9 Å². The van der Waals surface area contributed by atoms with Crippen molar-refractivity contribution in [3.8, 4) is 34.9 Å². The highest BCUT2D eigenvalue weighted by atomic mass is 31.2. The van der Waals surface area contributed by atoms with Crippen molar-refractivity contribution in [2.75, 3.05) is 0 Å². The fraction of sp³-hybridized carbons (Fsp3) is 0.118. The van der Waals surface area contributed by atoms with Gasteiger partial charge in [-0.25, -0.2) is 15.0 Å². The summed E-state index contributed by atoms with van der Waals surface area (Å²) in [4.78, 5) is 24.9. The number of aromatic nitrogens is 3. The smallest absolute Gasteiger partial charge is 0.439 e. The Morgan fingerprint density at radius 2 is 0.662 bits per heavy atom. The van der Waals surface area contributed by atoms with E-state index in [1.807, 2.05) is 0 Å². The van der Waals surface area contributed by atoms with E-state index in [2.05, 4.69) is 15.0 Å². The van der Waals surface area contributed by atoms with Gasteiger partial charge in [0.25, 0.3) is 0 Å². The summed E-state index contributed by atoms with van der Waals surface area (Å²) in [6, 6.07) is 37.8. The molecular weight excluding hydrogens is 969 g/mol. The third-order valence-corrected chi connectivity index (χ3v) is 11.9. The summed E-state index contributed by atoms with van der Waals surface area (Å²) in [6.45, 7) is -0.806. The number of hydrogen-bond acceptors (Lipinski definition) is 10. The summed E-state index contributed by atoms with van der Waals surface area (Å²) in [5.74, 6) is 1.20. The molecular formula is C51H34F9N3O7P+. The predicted molar refractivity (Wildman–Crippen MR) is 243 cm³/mol. The van der Waals surface area contributed by atoms with Gasteiger partial charge in [0.15, 0.2) is 0 Å². The van der Waals surface area contributed by atoms with Crippen LogP contribution in [0.25, 0.3) is 32.7 Å². The van der Waals surface area contributed by atoms with Gasteiger partial charge in [0.1, 0.15) is 37.1 Å². The van der Waals surface area contributed by atoms with E-state index in [1.165, 1.54) is 54.6 Å². The molecule has 20 heteroatoms. The molecule has 0 aliphatic carbocycles. The quantitative estimate of drug-likeness (QED) is 0.0786. The van der Waals surface area contributed by atoms with E-state index in [4.69, 9.17) is 27.8 Å². The van der Waals surface area contributed by atoms with Crippen LogP contribution in [0.1, 0.15) is 33.4 Å². The first kappa shape index (κ1) is 48.6. The number of fused-ring (bicyclic) bond motifs is 3. The van der Waals surface area contributed by atoms with E-state index in [0.29, 0.717) is 33.9 Å². The highest BCUT2D eigenvalue weighted by molar-refractivity contribution is 7.55. The number of rotatable bonds is 15. The van der Waals surface area contributed by atoms with E-state index in [1.54, 1.807) is 72.8 Å². The summed E-state index contributed by atoms with van der Waals surface area (Å²) in [5, 5.41) is 0.798. The van der Waals surface area contributed by atoms with Crippen molar-refractivity contribution in [2.24, 2.45) is 0 Å². The van der Waals surface area contributed by atoms with Crippen molar-refractivity contribution < 1.29 is 72.2 Å². The number of pyridine rings is 3. The van der Waals surface area contributed by atoms with Crippen LogP contribution in [-0.2, 0) is 51.9 Å². The van der Waals surface area contributed by atoms with Crippen LogP contribution >= 0.6 is 8.17 Å². The van der Waals surface area contributed by atoms with E-state index in [9.17, 15) is 44.4 Å². The largest absolute Gasteiger partial charge is 0.573 e. The Labute approximate surface area is 397 Å². The minimum Gasteiger partial charge on any atom is -0.439 e. The van der Waals surface area contributed by atoms with Crippen molar-refractivity contribution in [1.29, 1.82) is 0 Å². The van der Waals surface area contributed by atoms with Gasteiger partial charge in [-0.05, 0) is 126 Å². The van der Waals surface area contributed by atoms with Gasteiger partial charge < -0.3 is 14.2 Å². The minimum absolute atomic E-state index is 0.107. The monoisotopic (exact) mass is 1000 g/mol. The van der Waals surface area contributed by atoms with E-state index >= 15 is 0 Å². The molecule has 0 spiro atoms. The van der Waals surface area contributed by atoms with Crippen molar-refractivity contribution in [3.05, 3.63) is 197 Å². The SMILES string of the molecule is O[P+](OCc1cccc(Oc2ccc3cc(C(F)(F)F)ccc3n2)c1)(OCc1cccc(Oc2ccc3cc(C(F)(F)F)ccc3n2)c1)OCc1cccc(Oc2ccc3cc(C(F)(F)F)ccc3n2)c1. The molecule has 0 saturated heterocycles. The summed E-state index contributed by atoms with van der Waals surface area (Å²) in [5.41, 5.74) is -0.126. The summed E-state index contributed by atoms with van der Waals surface area (Å²) >= 11 is 0. The molecule has 9 aromatic rings. The first-order valence-corrected chi connectivity index (χ1v) is 22.6. The molecule has 1 N–H and O–H groups in total. The lowest BCUT2D eigenvalue weighted by atomic mass is 10.1. The Balaban J connectivity index is 0.904. The Bertz CT molecular complexity index is 3040. The van der Waals surface area contributed by atoms with Crippen LogP contribution in [0.15, 0.2) is 164 Å². The van der Waals surface area contributed by atoms with Crippen LogP contribution in [0.3, 0.4) is 0 Å². The van der Waals surface area contributed by atoms with E-state index in [0.717, 1.165) is 36.4 Å². The maximum absolute atomic E-state index is 13.3. The van der Waals surface area contributed by atoms with Gasteiger partial charge in [0, 0.05) is 34.4 Å². The number of ether oxygens (including phenoxy) is 3. The van der Waals surface area contributed by atoms with Crippen LogP contribution in [0.4, 0.5) is 39.5 Å². The minimum atomic E-state index is -4.52. The fourth-order valence-corrected chi connectivity index (χ4v) is 8.22. The average molecular weight is 1000 g/mol. The average Bonchev–Trinajstić information content (AvgIpc) is 3.33. The standard InChI is InChI=1S/C51H34F9N3O7P/c52-49(53,54)37-13-16-43-34(25-37)10-19-46(61-43)68-40-7-1-4-31(22-40)28-65-71(64,66-29-32-5-2-8-41(23-32)69-47-20-11-35-26-38(50(55,56)57)14-17-44(35)62-47)67-30-33-6-3-9-42(24-33)70-48-21-12-36-27-39(51(58,59)60)15-18-45(36)63-48/h1-27,64H,28-30H2/q+1. The van der Waals surface area contributed by atoms with Gasteiger partial charge in [-0.2, -0.15) is 44.4 Å². The van der Waals surface area contributed by atoms with Crippen LogP contribution in [0, 0.1) is 0 Å². The molecule has 6 aromatic carbocycles. The van der Waals surface area contributed by atoms with Crippen LogP contribution in [-0.4, -0.2) is 19.8 Å². The van der Waals surface area contributed by atoms with Crippen LogP contribution in [0.2, 0.25) is 0 Å². The van der Waals surface area contributed by atoms with Gasteiger partial charge in [-0.15, -0.1) is 13.6 Å². The molecule has 0 unspecified atom stereocenters. The number of halogens is 9. The Hall–Kier alpha value is -7.41. The zero-order valence-electron chi connectivity index (χ0n) is 36.3. The van der Waals surface area contributed by atoms with Gasteiger partial charge in [0.2, 0.25) is 17.6 Å². The van der Waals surface area contributed by atoms with Gasteiger partial charge >= 0.3 is 26.7 Å². The molecule has 9 rings (SSSR count). The van der Waals surface area contributed by atoms with E-state index in [-0.39, 0.29) is 70.2 Å². The summed E-state index contributed by atoms with van der Waals surface area (Å²) in [7, 11) is -4.24. The number of benzene rings is 6. The van der Waals surface area contributed by atoms with Gasteiger partial charge in [-0.3, -0.25) is 0 Å². The Morgan fingerprint density at radius 3 is 0.944 bits per heavy atom. The molecule has 0 aliphatic rings. The zero-order valence-corrected chi connectivity index (χ0v) is 37.2. The molecule has 0 aliphatic heterocycles. The molecule has 10 nitrogen and oxygen atoms in total. The molecule has 362 valence electrons. The van der Waals surface area contributed by atoms with Crippen molar-refractivity contribution in [2.45, 2.75) is 38.3 Å². The van der Waals surface area contributed by atoms with Crippen molar-refractivity contribution in [3.63, 3.8) is 0 Å². The lowest BCUT2D eigenvalue weighted by Crippen LogP contribution is -2.08. The number of alkyl halides is 9. The van der Waals surface area contributed by atoms with E-state index < -0.39 is 43.4 Å². The van der Waals surface area contributed by atoms with Gasteiger partial charge in [0.05, 0.1) is 33.2 Å². The van der Waals surface area contributed by atoms with Gasteiger partial charge in [-0.1, -0.05) is 36.4 Å². The second-order valence-corrected chi connectivity index (χ2v) is 17.4. The first-order chi connectivity index (χ1) is 33.8. The molecule has 0 amide bonds. The molecule has 0 saturated carbocycles. The fourth-order valence-electron chi connectivity index (χ4n) is 7.06. The third-order valence-electron chi connectivity index (χ3n) is 10.5. The Kier molecular flexibility index (Phi) is 13.5. The molecule has 0 fully saturated rings. The Morgan fingerprint density at radius 1 is 0.366 bits per heavy atom. The molecule has 0 bridgehead atoms. The second kappa shape index (κ2) is 19.8. The second-order valence-electron chi connectivity index (χ2n) is 15.7. The van der Waals surface area contributed by atoms with Crippen molar-refractivity contribution >= 4 is 40.9 Å². The normalized spacial score (nSPS) is 12.4. The predicted octanol–water partition coefficient (Wildman–Crippen LogP) is 15.4. The molecule has 0 radical (unpaired) electrons. The molecule has 3 aromatic heterocycles. The first-order valence-electron chi connectivity index (χ1n) is 21.1. The highest BCUT2D eigenvalue weighted by Crippen LogP contribution is 2.60. The lowest BCUT2D eigenvalue weighted by molar-refractivity contribution is -0.138. The maximum Gasteiger partial charge on any atom is 0.573 e. The third kappa shape index (κ3) is 12.3. The van der Waals surface area contributed by atoms with Crippen LogP contribution < -0.4 is 14.2 Å². The summed E-state index contributed by atoms with van der Waals surface area (Å²) < 4.78 is 155. The molecule has 71 heavy (non-hydrogen) atoms. The highest BCUT2D eigenvalue weighted by Gasteiger charge is 2.45.